The molecule has 0 radical (unpaired) electrons. The Labute approximate surface area is 190 Å². The van der Waals surface area contributed by atoms with Crippen LogP contribution in [-0.2, 0) is 4.79 Å². The largest absolute Gasteiger partial charge is 0.497 e. The first-order valence-electron chi connectivity index (χ1n) is 10.1. The summed E-state index contributed by atoms with van der Waals surface area (Å²) >= 11 is 1.34. The number of ether oxygens (including phenoxy) is 1. The number of amides is 1. The lowest BCUT2D eigenvalue weighted by molar-refractivity contribution is -0.115. The third kappa shape index (κ3) is 4.65. The molecule has 2 aromatic heterocycles. The van der Waals surface area contributed by atoms with Crippen LogP contribution < -0.4 is 10.1 Å². The van der Waals surface area contributed by atoms with E-state index < -0.39 is 5.25 Å². The molecule has 2 heterocycles. The van der Waals surface area contributed by atoms with Crippen LogP contribution >= 0.6 is 11.8 Å². The molecule has 32 heavy (non-hydrogen) atoms. The van der Waals surface area contributed by atoms with E-state index in [1.807, 2.05) is 85.1 Å². The van der Waals surface area contributed by atoms with Crippen molar-refractivity contribution < 1.29 is 9.53 Å². The third-order valence-corrected chi connectivity index (χ3v) is 5.94. The minimum atomic E-state index is -0.403. The van der Waals surface area contributed by atoms with Crippen LogP contribution in [0, 0.1) is 6.92 Å². The second kappa shape index (κ2) is 9.65. The van der Waals surface area contributed by atoms with Crippen LogP contribution in [0.3, 0.4) is 0 Å². The van der Waals surface area contributed by atoms with E-state index in [9.17, 15) is 4.79 Å². The molecule has 4 rings (SSSR count). The summed E-state index contributed by atoms with van der Waals surface area (Å²) < 4.78 is 7.29. The van der Waals surface area contributed by atoms with Gasteiger partial charge in [-0.2, -0.15) is 0 Å². The number of nitrogens with one attached hydrogen (secondary N) is 1. The summed E-state index contributed by atoms with van der Waals surface area (Å²) in [6.45, 7) is 3.81. The quantitative estimate of drug-likeness (QED) is 0.413. The van der Waals surface area contributed by atoms with Crippen molar-refractivity contribution in [3.05, 3.63) is 78.5 Å². The number of rotatable bonds is 7. The Bertz CT molecular complexity index is 1230. The third-order valence-electron chi connectivity index (χ3n) is 4.89. The van der Waals surface area contributed by atoms with Gasteiger partial charge in [-0.3, -0.25) is 14.3 Å². The smallest absolute Gasteiger partial charge is 0.237 e. The molecule has 0 saturated heterocycles. The highest BCUT2D eigenvalue weighted by Crippen LogP contribution is 2.31. The number of hydrogen-bond acceptors (Lipinski definition) is 6. The van der Waals surface area contributed by atoms with Crippen LogP contribution in [0.4, 0.5) is 5.69 Å². The summed E-state index contributed by atoms with van der Waals surface area (Å²) in [5.74, 6) is 1.20. The number of aryl methyl sites for hydroxylation is 1. The summed E-state index contributed by atoms with van der Waals surface area (Å²) in [7, 11) is 1.62. The van der Waals surface area contributed by atoms with Crippen LogP contribution in [-0.4, -0.2) is 38.0 Å². The number of anilines is 1. The summed E-state index contributed by atoms with van der Waals surface area (Å²) in [5.41, 5.74) is 3.32. The molecule has 1 atom stereocenters. The number of aromatic nitrogens is 4. The number of para-hydroxylation sites is 1. The second-order valence-electron chi connectivity index (χ2n) is 7.12. The molecular weight excluding hydrogens is 422 g/mol. The maximum Gasteiger partial charge on any atom is 0.237 e. The van der Waals surface area contributed by atoms with Gasteiger partial charge in [0.05, 0.1) is 18.0 Å². The first kappa shape index (κ1) is 21.6. The van der Waals surface area contributed by atoms with Gasteiger partial charge in [-0.05, 0) is 49.7 Å². The monoisotopic (exact) mass is 445 g/mol. The number of pyridine rings is 1. The molecule has 162 valence electrons. The summed E-state index contributed by atoms with van der Waals surface area (Å²) in [5, 5.41) is 12.0. The van der Waals surface area contributed by atoms with Gasteiger partial charge in [-0.1, -0.05) is 42.1 Å². The molecular formula is C24H23N5O2S. The van der Waals surface area contributed by atoms with Gasteiger partial charge >= 0.3 is 0 Å². The van der Waals surface area contributed by atoms with E-state index in [2.05, 4.69) is 20.5 Å². The number of benzene rings is 2. The highest BCUT2D eigenvalue weighted by Gasteiger charge is 2.23. The van der Waals surface area contributed by atoms with Crippen LogP contribution in [0.25, 0.3) is 17.2 Å². The molecule has 0 spiro atoms. The molecule has 0 saturated carbocycles. The van der Waals surface area contributed by atoms with E-state index >= 15 is 0 Å². The number of hydrogen-bond donors (Lipinski definition) is 1. The van der Waals surface area contributed by atoms with Gasteiger partial charge in [-0.15, -0.1) is 10.2 Å². The van der Waals surface area contributed by atoms with Crippen molar-refractivity contribution in [3.8, 4) is 23.0 Å². The van der Waals surface area contributed by atoms with Crippen molar-refractivity contribution in [2.45, 2.75) is 24.3 Å². The Morgan fingerprint density at radius 3 is 2.62 bits per heavy atom. The number of carbonyl (C=O) groups is 1. The first-order valence-corrected chi connectivity index (χ1v) is 11.0. The molecule has 0 fully saturated rings. The highest BCUT2D eigenvalue weighted by atomic mass is 32.2. The van der Waals surface area contributed by atoms with Crippen molar-refractivity contribution in [2.75, 3.05) is 12.4 Å². The second-order valence-corrected chi connectivity index (χ2v) is 8.43. The SMILES string of the molecule is COc1cccc(-n2c(S[C@@H](C)C(=O)Nc3ccccc3C)nnc2-c2ccccn2)c1. The minimum absolute atomic E-state index is 0.108. The molecule has 1 amide bonds. The zero-order chi connectivity index (χ0) is 22.5. The van der Waals surface area contributed by atoms with E-state index in [-0.39, 0.29) is 5.91 Å². The van der Waals surface area contributed by atoms with Crippen LogP contribution in [0.15, 0.2) is 78.1 Å². The van der Waals surface area contributed by atoms with Crippen LogP contribution in [0.5, 0.6) is 5.75 Å². The predicted octanol–water partition coefficient (Wildman–Crippen LogP) is 4.77. The molecule has 1 N–H and O–H groups in total. The average molecular weight is 446 g/mol. The summed E-state index contributed by atoms with van der Waals surface area (Å²) in [4.78, 5) is 17.3. The van der Waals surface area contributed by atoms with Crippen molar-refractivity contribution >= 4 is 23.4 Å². The normalized spacial score (nSPS) is 11.7. The highest BCUT2D eigenvalue weighted by molar-refractivity contribution is 8.00. The summed E-state index contributed by atoms with van der Waals surface area (Å²) in [6.07, 6.45) is 1.71. The Balaban J connectivity index is 1.67. The molecule has 0 aliphatic heterocycles. The molecule has 4 aromatic rings. The zero-order valence-corrected chi connectivity index (χ0v) is 18.8. The number of methoxy groups -OCH3 is 1. The van der Waals surface area contributed by atoms with E-state index in [1.165, 1.54) is 11.8 Å². The van der Waals surface area contributed by atoms with Gasteiger partial charge in [0, 0.05) is 18.0 Å². The van der Waals surface area contributed by atoms with Gasteiger partial charge in [0.2, 0.25) is 5.91 Å². The number of thioether (sulfide) groups is 1. The van der Waals surface area contributed by atoms with Crippen molar-refractivity contribution in [1.29, 1.82) is 0 Å². The van der Waals surface area contributed by atoms with Gasteiger partial charge in [0.25, 0.3) is 0 Å². The standard InChI is InChI=1S/C24H23N5O2S/c1-16-9-4-5-12-20(16)26-23(30)17(2)32-24-28-27-22(21-13-6-7-14-25-21)29(24)18-10-8-11-19(15-18)31-3/h4-15,17H,1-3H3,(H,26,30)/t17-/m0/s1. The van der Waals surface area contributed by atoms with Crippen LogP contribution in [0.1, 0.15) is 12.5 Å². The molecule has 0 aliphatic rings. The topological polar surface area (TPSA) is 81.9 Å². The number of carbonyl (C=O) groups excluding carboxylic acids is 1. The van der Waals surface area contributed by atoms with E-state index in [4.69, 9.17) is 4.74 Å². The van der Waals surface area contributed by atoms with Gasteiger partial charge < -0.3 is 10.1 Å². The molecule has 2 aromatic carbocycles. The van der Waals surface area contributed by atoms with E-state index in [0.29, 0.717) is 22.4 Å². The van der Waals surface area contributed by atoms with Gasteiger partial charge in [-0.25, -0.2) is 0 Å². The molecule has 8 heteroatoms. The van der Waals surface area contributed by atoms with Gasteiger partial charge in [0.1, 0.15) is 11.4 Å². The minimum Gasteiger partial charge on any atom is -0.497 e. The van der Waals surface area contributed by atoms with Crippen molar-refractivity contribution in [3.63, 3.8) is 0 Å². The Morgan fingerprint density at radius 1 is 1.06 bits per heavy atom. The fourth-order valence-electron chi connectivity index (χ4n) is 3.15. The maximum absolute atomic E-state index is 12.9. The van der Waals surface area contributed by atoms with Crippen LogP contribution in [0.2, 0.25) is 0 Å². The van der Waals surface area contributed by atoms with Gasteiger partial charge in [0.15, 0.2) is 11.0 Å². The Hall–Kier alpha value is -3.65. The average Bonchev–Trinajstić information content (AvgIpc) is 3.24. The maximum atomic E-state index is 12.9. The predicted molar refractivity (Wildman–Crippen MR) is 126 cm³/mol. The van der Waals surface area contributed by atoms with Crippen molar-refractivity contribution in [1.82, 2.24) is 19.7 Å². The summed E-state index contributed by atoms with van der Waals surface area (Å²) in [6, 6.07) is 21.0. The Morgan fingerprint density at radius 2 is 1.88 bits per heavy atom. The number of nitrogens with zero attached hydrogens (tertiary/aromatic N) is 4. The van der Waals surface area contributed by atoms with E-state index in [1.54, 1.807) is 13.3 Å². The lowest BCUT2D eigenvalue weighted by Gasteiger charge is -2.15. The lowest BCUT2D eigenvalue weighted by atomic mass is 10.2. The molecule has 0 bridgehead atoms. The first-order chi connectivity index (χ1) is 15.6. The molecule has 7 nitrogen and oxygen atoms in total. The van der Waals surface area contributed by atoms with Crippen molar-refractivity contribution in [2.24, 2.45) is 0 Å². The Kier molecular flexibility index (Phi) is 6.51. The lowest BCUT2D eigenvalue weighted by Crippen LogP contribution is -2.23. The fraction of sp³-hybridized carbons (Fsp3) is 0.167. The molecule has 0 aliphatic carbocycles. The fourth-order valence-corrected chi connectivity index (χ4v) is 4.02. The zero-order valence-electron chi connectivity index (χ0n) is 18.0. The van der Waals surface area contributed by atoms with E-state index in [0.717, 1.165) is 16.9 Å². The molecule has 0 unspecified atom stereocenters.